The third kappa shape index (κ3) is 4.48. The average Bonchev–Trinajstić information content (AvgIpc) is 2.45. The number of nitrogens with one attached hydrogen (secondary N) is 2. The van der Waals surface area contributed by atoms with E-state index in [1.54, 1.807) is 7.05 Å². The Bertz CT molecular complexity index is 408. The number of hydrogen-bond donors (Lipinski definition) is 3. The van der Waals surface area contributed by atoms with Crippen molar-refractivity contribution in [3.63, 3.8) is 0 Å². The van der Waals surface area contributed by atoms with Gasteiger partial charge >= 0.3 is 0 Å². The van der Waals surface area contributed by atoms with Crippen LogP contribution in [-0.4, -0.2) is 53.9 Å². The molecule has 3 N–H and O–H groups in total. The number of rotatable bonds is 8. The van der Waals surface area contributed by atoms with Crippen LogP contribution in [0.4, 0.5) is 17.8 Å². The lowest BCUT2D eigenvalue weighted by Crippen LogP contribution is -2.28. The highest BCUT2D eigenvalue weighted by atomic mass is 16.3. The Hall–Kier alpha value is -1.63. The molecule has 1 atom stereocenters. The molecule has 20 heavy (non-hydrogen) atoms. The van der Waals surface area contributed by atoms with Gasteiger partial charge in [0.2, 0.25) is 17.8 Å². The summed E-state index contributed by atoms with van der Waals surface area (Å²) in [5.41, 5.74) is 0. The summed E-state index contributed by atoms with van der Waals surface area (Å²) in [5, 5.41) is 16.1. The third-order valence-electron chi connectivity index (χ3n) is 3.31. The maximum Gasteiger partial charge on any atom is 0.231 e. The first kappa shape index (κ1) is 16.4. The summed E-state index contributed by atoms with van der Waals surface area (Å²) in [6, 6.07) is 0. The van der Waals surface area contributed by atoms with Crippen molar-refractivity contribution < 1.29 is 5.11 Å². The summed E-state index contributed by atoms with van der Waals surface area (Å²) in [6.45, 7) is 4.61. The average molecular weight is 282 g/mol. The molecule has 0 aliphatic carbocycles. The van der Waals surface area contributed by atoms with Crippen LogP contribution in [0.15, 0.2) is 0 Å². The van der Waals surface area contributed by atoms with Crippen molar-refractivity contribution in [1.82, 2.24) is 15.0 Å². The predicted molar refractivity (Wildman–Crippen MR) is 82.3 cm³/mol. The molecule has 1 heterocycles. The lowest BCUT2D eigenvalue weighted by Gasteiger charge is -2.20. The molecule has 0 bridgehead atoms. The van der Waals surface area contributed by atoms with Gasteiger partial charge in [0, 0.05) is 27.7 Å². The first-order valence-electron chi connectivity index (χ1n) is 7.04. The minimum atomic E-state index is -0.400. The van der Waals surface area contributed by atoms with E-state index in [4.69, 9.17) is 0 Å². The van der Waals surface area contributed by atoms with Gasteiger partial charge in [-0.25, -0.2) is 0 Å². The van der Waals surface area contributed by atoms with Gasteiger partial charge in [-0.05, 0) is 5.92 Å². The largest absolute Gasteiger partial charge is 0.391 e. The van der Waals surface area contributed by atoms with Crippen LogP contribution in [0.5, 0.6) is 0 Å². The van der Waals surface area contributed by atoms with E-state index in [-0.39, 0.29) is 0 Å². The number of hydrogen-bond acceptors (Lipinski definition) is 7. The Labute approximate surface area is 120 Å². The summed E-state index contributed by atoms with van der Waals surface area (Å²) < 4.78 is 0. The Morgan fingerprint density at radius 1 is 1.10 bits per heavy atom. The van der Waals surface area contributed by atoms with Crippen LogP contribution >= 0.6 is 0 Å². The highest BCUT2D eigenvalue weighted by Crippen LogP contribution is 2.15. The van der Waals surface area contributed by atoms with Gasteiger partial charge < -0.3 is 20.6 Å². The lowest BCUT2D eigenvalue weighted by molar-refractivity contribution is 0.114. The fraction of sp³-hybridized carbons (Fsp3) is 0.769. The zero-order chi connectivity index (χ0) is 15.1. The molecule has 7 heteroatoms. The number of aliphatic hydroxyl groups excluding tert-OH is 1. The minimum absolute atomic E-state index is 0.293. The molecule has 0 aromatic carbocycles. The normalized spacial score (nSPS) is 12.3. The highest BCUT2D eigenvalue weighted by Gasteiger charge is 2.16. The van der Waals surface area contributed by atoms with Gasteiger partial charge in [0.25, 0.3) is 0 Å². The van der Waals surface area contributed by atoms with Crippen molar-refractivity contribution in [2.75, 3.05) is 43.2 Å². The molecule has 0 saturated heterocycles. The quantitative estimate of drug-likeness (QED) is 0.660. The van der Waals surface area contributed by atoms with E-state index in [0.717, 1.165) is 12.8 Å². The fourth-order valence-electron chi connectivity index (χ4n) is 1.95. The van der Waals surface area contributed by atoms with Gasteiger partial charge in [-0.3, -0.25) is 0 Å². The van der Waals surface area contributed by atoms with E-state index in [1.165, 1.54) is 0 Å². The fourth-order valence-corrected chi connectivity index (χ4v) is 1.95. The molecular formula is C13H26N6O. The van der Waals surface area contributed by atoms with Gasteiger partial charge in [-0.2, -0.15) is 15.0 Å². The second kappa shape index (κ2) is 7.84. The molecule has 0 spiro atoms. The number of aliphatic hydroxyl groups is 1. The lowest BCUT2D eigenvalue weighted by atomic mass is 9.97. The van der Waals surface area contributed by atoms with Gasteiger partial charge in [0.05, 0.1) is 6.10 Å². The molecule has 0 aliphatic rings. The van der Waals surface area contributed by atoms with E-state index < -0.39 is 6.10 Å². The predicted octanol–water partition coefficient (Wildman–Crippen LogP) is 1.19. The molecule has 7 nitrogen and oxygen atoms in total. The molecule has 0 saturated carbocycles. The number of aromatic nitrogens is 3. The molecule has 114 valence electrons. The molecule has 0 aliphatic heterocycles. The summed E-state index contributed by atoms with van der Waals surface area (Å²) in [5.74, 6) is 1.84. The standard InChI is InChI=1S/C13H26N6O/c1-6-9(7-2)10(20)8-15-12-16-11(14-3)17-13(18-12)19(4)5/h9-10,20H,6-8H2,1-5H3,(H2,14,15,16,17,18). The van der Waals surface area contributed by atoms with Crippen LogP contribution in [0, 0.1) is 5.92 Å². The van der Waals surface area contributed by atoms with Crippen LogP contribution in [0.1, 0.15) is 26.7 Å². The van der Waals surface area contributed by atoms with Crippen molar-refractivity contribution in [3.8, 4) is 0 Å². The molecular weight excluding hydrogens is 256 g/mol. The van der Waals surface area contributed by atoms with Crippen molar-refractivity contribution in [2.45, 2.75) is 32.8 Å². The van der Waals surface area contributed by atoms with Crippen molar-refractivity contribution in [2.24, 2.45) is 5.92 Å². The summed E-state index contributed by atoms with van der Waals surface area (Å²) >= 11 is 0. The molecule has 1 aromatic heterocycles. The van der Waals surface area contributed by atoms with E-state index in [2.05, 4.69) is 39.4 Å². The molecule has 0 radical (unpaired) electrons. The summed E-state index contributed by atoms with van der Waals surface area (Å²) in [6.07, 6.45) is 1.52. The van der Waals surface area contributed by atoms with Gasteiger partial charge in [-0.15, -0.1) is 0 Å². The Morgan fingerprint density at radius 3 is 2.20 bits per heavy atom. The first-order chi connectivity index (χ1) is 9.51. The van der Waals surface area contributed by atoms with Gasteiger partial charge in [0.15, 0.2) is 0 Å². The minimum Gasteiger partial charge on any atom is -0.391 e. The van der Waals surface area contributed by atoms with E-state index in [0.29, 0.717) is 30.3 Å². The van der Waals surface area contributed by atoms with E-state index in [1.807, 2.05) is 19.0 Å². The zero-order valence-electron chi connectivity index (χ0n) is 13.0. The Balaban J connectivity index is 2.74. The Morgan fingerprint density at radius 2 is 1.70 bits per heavy atom. The molecule has 1 rings (SSSR count). The SMILES string of the molecule is CCC(CC)C(O)CNc1nc(NC)nc(N(C)C)n1. The van der Waals surface area contributed by atoms with E-state index in [9.17, 15) is 5.11 Å². The first-order valence-corrected chi connectivity index (χ1v) is 7.04. The molecule has 0 amide bonds. The zero-order valence-corrected chi connectivity index (χ0v) is 13.0. The second-order valence-corrected chi connectivity index (χ2v) is 4.95. The van der Waals surface area contributed by atoms with Gasteiger partial charge in [-0.1, -0.05) is 26.7 Å². The Kier molecular flexibility index (Phi) is 6.44. The van der Waals surface area contributed by atoms with Crippen LogP contribution in [0.2, 0.25) is 0 Å². The van der Waals surface area contributed by atoms with Crippen LogP contribution in [0.25, 0.3) is 0 Å². The number of anilines is 3. The molecule has 0 fully saturated rings. The highest BCUT2D eigenvalue weighted by molar-refractivity contribution is 5.42. The topological polar surface area (TPSA) is 86.2 Å². The van der Waals surface area contributed by atoms with Crippen LogP contribution < -0.4 is 15.5 Å². The van der Waals surface area contributed by atoms with Crippen molar-refractivity contribution >= 4 is 17.8 Å². The van der Waals surface area contributed by atoms with Gasteiger partial charge in [0.1, 0.15) is 0 Å². The summed E-state index contributed by atoms with van der Waals surface area (Å²) in [4.78, 5) is 14.6. The number of nitrogens with zero attached hydrogens (tertiary/aromatic N) is 4. The van der Waals surface area contributed by atoms with Crippen LogP contribution in [0.3, 0.4) is 0 Å². The van der Waals surface area contributed by atoms with Crippen LogP contribution in [-0.2, 0) is 0 Å². The molecule has 1 unspecified atom stereocenters. The maximum absolute atomic E-state index is 10.1. The van der Waals surface area contributed by atoms with Crippen molar-refractivity contribution in [1.29, 1.82) is 0 Å². The maximum atomic E-state index is 10.1. The van der Waals surface area contributed by atoms with E-state index >= 15 is 0 Å². The third-order valence-corrected chi connectivity index (χ3v) is 3.31. The monoisotopic (exact) mass is 282 g/mol. The second-order valence-electron chi connectivity index (χ2n) is 4.95. The van der Waals surface area contributed by atoms with Crippen molar-refractivity contribution in [3.05, 3.63) is 0 Å². The summed E-state index contributed by atoms with van der Waals surface area (Å²) in [7, 11) is 5.51. The molecule has 1 aromatic rings. The smallest absolute Gasteiger partial charge is 0.231 e.